The molecule has 7 rings (SSSR count). The molecule has 0 N–H and O–H groups in total. The van der Waals surface area contributed by atoms with Gasteiger partial charge in [-0.1, -0.05) is 84.9 Å². The van der Waals surface area contributed by atoms with Crippen LogP contribution in [0.4, 0.5) is 4.39 Å². The average molecular weight is 897 g/mol. The first-order chi connectivity index (χ1) is 32.0. The van der Waals surface area contributed by atoms with Crippen molar-refractivity contribution in [2.75, 3.05) is 7.11 Å². The highest BCUT2D eigenvalue weighted by Crippen LogP contribution is 2.37. The van der Waals surface area contributed by atoms with Crippen molar-refractivity contribution in [2.45, 2.75) is 63.7 Å². The summed E-state index contributed by atoms with van der Waals surface area (Å²) in [4.78, 5) is 67.8. The van der Waals surface area contributed by atoms with Crippen LogP contribution in [-0.4, -0.2) is 73.8 Å². The Hall–Kier alpha value is -7.84. The predicted molar refractivity (Wildman–Crippen MR) is 235 cm³/mol. The van der Waals surface area contributed by atoms with Gasteiger partial charge in [-0.3, -0.25) is 4.79 Å². The number of hydrogen-bond donors (Lipinski definition) is 0. The SMILES string of the molecule is COc1ccc(Cc2c(F)cc(COC(C)=O)cc2O[C@@H]2O[C@H]([C@@H](C)OC(=O)c3ccccc3)[C@@H](OC(=O)c3ccccc3)[C@H](OC(=O)c3ccccc3)[C@H]2OC(=O)c2ccccc2)cc1. The molecular formula is C52H45FO13. The summed E-state index contributed by atoms with van der Waals surface area (Å²) in [6.45, 7) is 2.34. The number of carbonyl (C=O) groups is 5. The Balaban J connectivity index is 1.38. The van der Waals surface area contributed by atoms with Crippen molar-refractivity contribution < 1.29 is 66.3 Å². The van der Waals surface area contributed by atoms with Gasteiger partial charge in [0.25, 0.3) is 0 Å². The van der Waals surface area contributed by atoms with Crippen LogP contribution in [0.3, 0.4) is 0 Å². The van der Waals surface area contributed by atoms with Crippen LogP contribution in [0.1, 0.15) is 72.0 Å². The molecule has 6 aromatic rings. The van der Waals surface area contributed by atoms with E-state index in [4.69, 9.17) is 37.9 Å². The second-order valence-corrected chi connectivity index (χ2v) is 15.1. The second-order valence-electron chi connectivity index (χ2n) is 15.1. The van der Waals surface area contributed by atoms with Gasteiger partial charge in [-0.15, -0.1) is 0 Å². The number of hydrogen-bond acceptors (Lipinski definition) is 13. The summed E-state index contributed by atoms with van der Waals surface area (Å²) in [5, 5.41) is 0. The normalized spacial score (nSPS) is 18.2. The topological polar surface area (TPSA) is 159 Å². The first-order valence-corrected chi connectivity index (χ1v) is 20.9. The van der Waals surface area contributed by atoms with Gasteiger partial charge in [-0.2, -0.15) is 0 Å². The second kappa shape index (κ2) is 21.7. The molecular weight excluding hydrogens is 852 g/mol. The molecule has 1 saturated heterocycles. The van der Waals surface area contributed by atoms with Gasteiger partial charge in [0.1, 0.15) is 36.1 Å². The van der Waals surface area contributed by atoms with Gasteiger partial charge in [0.05, 0.1) is 29.4 Å². The van der Waals surface area contributed by atoms with Crippen LogP contribution in [0.15, 0.2) is 158 Å². The zero-order chi connectivity index (χ0) is 46.6. The zero-order valence-electron chi connectivity index (χ0n) is 36.1. The van der Waals surface area contributed by atoms with Gasteiger partial charge < -0.3 is 37.9 Å². The number of ether oxygens (including phenoxy) is 8. The molecule has 13 nitrogen and oxygen atoms in total. The lowest BCUT2D eigenvalue weighted by atomic mass is 9.94. The lowest BCUT2D eigenvalue weighted by Gasteiger charge is -2.45. The summed E-state index contributed by atoms with van der Waals surface area (Å²) in [5.74, 6) is -4.42. The summed E-state index contributed by atoms with van der Waals surface area (Å²) in [6, 6.07) is 41.4. The molecule has 1 aliphatic rings. The van der Waals surface area contributed by atoms with Gasteiger partial charge in [-0.05, 0) is 90.8 Å². The molecule has 1 aliphatic heterocycles. The summed E-state index contributed by atoms with van der Waals surface area (Å²) < 4.78 is 64.9. The molecule has 0 aromatic heterocycles. The largest absolute Gasteiger partial charge is 0.497 e. The third-order valence-corrected chi connectivity index (χ3v) is 10.5. The maximum atomic E-state index is 16.5. The molecule has 0 aliphatic carbocycles. The van der Waals surface area contributed by atoms with E-state index in [0.717, 1.165) is 0 Å². The molecule has 0 unspecified atom stereocenters. The number of rotatable bonds is 16. The van der Waals surface area contributed by atoms with Crippen molar-refractivity contribution in [3.8, 4) is 11.5 Å². The molecule has 1 fully saturated rings. The molecule has 0 spiro atoms. The van der Waals surface area contributed by atoms with Gasteiger partial charge in [0.15, 0.2) is 12.2 Å². The van der Waals surface area contributed by atoms with Crippen LogP contribution in [0.2, 0.25) is 0 Å². The molecule has 0 amide bonds. The summed E-state index contributed by atoms with van der Waals surface area (Å²) >= 11 is 0. The highest BCUT2D eigenvalue weighted by Gasteiger charge is 2.56. The Labute approximate surface area is 379 Å². The maximum Gasteiger partial charge on any atom is 0.338 e. The van der Waals surface area contributed by atoms with Crippen molar-refractivity contribution in [1.82, 2.24) is 0 Å². The van der Waals surface area contributed by atoms with E-state index in [2.05, 4.69) is 0 Å². The van der Waals surface area contributed by atoms with Crippen LogP contribution >= 0.6 is 0 Å². The third-order valence-electron chi connectivity index (χ3n) is 10.5. The Kier molecular flexibility index (Phi) is 15.2. The van der Waals surface area contributed by atoms with E-state index in [1.165, 1.54) is 69.5 Å². The lowest BCUT2D eigenvalue weighted by molar-refractivity contribution is -0.284. The maximum absolute atomic E-state index is 16.5. The molecule has 66 heavy (non-hydrogen) atoms. The van der Waals surface area contributed by atoms with E-state index >= 15 is 4.39 Å². The van der Waals surface area contributed by atoms with Crippen molar-refractivity contribution >= 4 is 29.8 Å². The molecule has 1 heterocycles. The fourth-order valence-electron chi connectivity index (χ4n) is 7.16. The molecule has 6 atom stereocenters. The van der Waals surface area contributed by atoms with E-state index in [-0.39, 0.29) is 52.2 Å². The van der Waals surface area contributed by atoms with Crippen molar-refractivity contribution in [1.29, 1.82) is 0 Å². The van der Waals surface area contributed by atoms with Crippen molar-refractivity contribution in [2.24, 2.45) is 0 Å². The first kappa shape index (κ1) is 46.2. The molecule has 338 valence electrons. The van der Waals surface area contributed by atoms with Gasteiger partial charge in [-0.25, -0.2) is 23.6 Å². The lowest BCUT2D eigenvalue weighted by Crippen LogP contribution is -2.65. The Bertz CT molecular complexity index is 2610. The van der Waals surface area contributed by atoms with Crippen molar-refractivity contribution in [3.05, 3.63) is 202 Å². The highest BCUT2D eigenvalue weighted by molar-refractivity contribution is 5.91. The minimum absolute atomic E-state index is 0.0130. The Morgan fingerprint density at radius 2 is 1.06 bits per heavy atom. The number of carbonyl (C=O) groups excluding carboxylic acids is 5. The predicted octanol–water partition coefficient (Wildman–Crippen LogP) is 8.51. The minimum Gasteiger partial charge on any atom is -0.497 e. The monoisotopic (exact) mass is 896 g/mol. The number of halogens is 1. The summed E-state index contributed by atoms with van der Waals surface area (Å²) in [7, 11) is 1.52. The average Bonchev–Trinajstić information content (AvgIpc) is 3.34. The number of benzene rings is 6. The first-order valence-electron chi connectivity index (χ1n) is 20.9. The van der Waals surface area contributed by atoms with Gasteiger partial charge in [0, 0.05) is 18.9 Å². The van der Waals surface area contributed by atoms with Crippen LogP contribution in [0.5, 0.6) is 11.5 Å². The molecule has 0 radical (unpaired) electrons. The van der Waals surface area contributed by atoms with E-state index in [1.807, 2.05) is 0 Å². The molecule has 0 saturated carbocycles. The Morgan fingerprint density at radius 1 is 0.591 bits per heavy atom. The van der Waals surface area contributed by atoms with Crippen molar-refractivity contribution in [3.63, 3.8) is 0 Å². The van der Waals surface area contributed by atoms with Crippen LogP contribution in [-0.2, 0) is 46.2 Å². The molecule has 14 heteroatoms. The van der Waals surface area contributed by atoms with E-state index in [9.17, 15) is 24.0 Å². The standard InChI is InChI=1S/C52H45FO13/c1-32(61-48(55)36-16-8-4-9-17-36)44-45(63-49(56)37-18-10-5-11-19-37)46(64-50(57)38-20-12-6-13-21-38)47(65-51(58)39-22-14-7-15-23-39)52(66-44)62-43-30-35(31-60-33(2)54)29-42(53)41(43)28-34-24-26-40(59-3)27-25-34/h4-27,29-30,32,44-47,52H,28,31H2,1-3H3/t32-,44-,45-,46+,47-,52-/m1/s1. The number of esters is 5. The van der Waals surface area contributed by atoms with E-state index in [0.29, 0.717) is 11.3 Å². The summed E-state index contributed by atoms with van der Waals surface area (Å²) in [5.41, 5.74) is 1.32. The quantitative estimate of drug-likeness (QED) is 0.0673. The fourth-order valence-corrected chi connectivity index (χ4v) is 7.16. The number of methoxy groups -OCH3 is 1. The van der Waals surface area contributed by atoms with Crippen LogP contribution < -0.4 is 9.47 Å². The Morgan fingerprint density at radius 3 is 1.55 bits per heavy atom. The van der Waals surface area contributed by atoms with E-state index in [1.54, 1.807) is 109 Å². The van der Waals surface area contributed by atoms with Gasteiger partial charge in [0.2, 0.25) is 12.4 Å². The third kappa shape index (κ3) is 11.6. The highest BCUT2D eigenvalue weighted by atomic mass is 19.1. The van der Waals surface area contributed by atoms with Gasteiger partial charge >= 0.3 is 29.8 Å². The van der Waals surface area contributed by atoms with Crippen LogP contribution in [0, 0.1) is 5.82 Å². The van der Waals surface area contributed by atoms with Crippen LogP contribution in [0.25, 0.3) is 0 Å². The molecule has 6 aromatic carbocycles. The zero-order valence-corrected chi connectivity index (χ0v) is 36.1. The minimum atomic E-state index is -1.81. The van der Waals surface area contributed by atoms with E-state index < -0.39 is 72.5 Å². The smallest absolute Gasteiger partial charge is 0.338 e. The fraction of sp³-hybridized carbons (Fsp3) is 0.212. The summed E-state index contributed by atoms with van der Waals surface area (Å²) in [6.07, 6.45) is -9.86. The molecule has 0 bridgehead atoms.